The molecule has 2 atom stereocenters. The van der Waals surface area contributed by atoms with Crippen LogP contribution in [-0.2, 0) is 35.2 Å². The minimum Gasteiger partial charge on any atom is -0.461 e. The molecule has 1 heterocycles. The zero-order valence-electron chi connectivity index (χ0n) is 16.6. The van der Waals surface area contributed by atoms with Gasteiger partial charge in [0.05, 0.1) is 18.8 Å². The van der Waals surface area contributed by atoms with E-state index in [2.05, 4.69) is 0 Å². The molecule has 28 heavy (non-hydrogen) atoms. The molecule has 1 aliphatic rings. The van der Waals surface area contributed by atoms with Crippen LogP contribution in [0.25, 0.3) is 0 Å². The van der Waals surface area contributed by atoms with Crippen molar-refractivity contribution < 1.29 is 31.7 Å². The van der Waals surface area contributed by atoms with E-state index in [-0.39, 0.29) is 26.3 Å². The molecule has 0 aliphatic carbocycles. The molecule has 1 fully saturated rings. The van der Waals surface area contributed by atoms with Crippen molar-refractivity contribution in [3.05, 3.63) is 35.9 Å². The summed E-state index contributed by atoms with van der Waals surface area (Å²) in [6, 6.07) is 9.20. The van der Waals surface area contributed by atoms with E-state index >= 15 is 0 Å². The van der Waals surface area contributed by atoms with E-state index in [1.807, 2.05) is 30.3 Å². The molecular weight excluding hydrogens is 386 g/mol. The van der Waals surface area contributed by atoms with E-state index < -0.39 is 39.6 Å². The van der Waals surface area contributed by atoms with Crippen molar-refractivity contribution in [2.45, 2.75) is 33.0 Å². The normalized spacial score (nSPS) is 20.1. The van der Waals surface area contributed by atoms with Crippen LogP contribution in [0.1, 0.15) is 26.3 Å². The van der Waals surface area contributed by atoms with Gasteiger partial charge in [-0.05, 0) is 26.3 Å². The fraction of sp³-hybridized carbons (Fsp3) is 0.579. The fourth-order valence-electron chi connectivity index (χ4n) is 2.83. The molecule has 1 aromatic rings. The number of ether oxygens (including phenoxy) is 2. The summed E-state index contributed by atoms with van der Waals surface area (Å²) in [7, 11) is -3.67. The Balaban J connectivity index is 2.05. The van der Waals surface area contributed by atoms with Gasteiger partial charge in [-0.15, -0.1) is 0 Å². The lowest BCUT2D eigenvalue weighted by molar-refractivity contribution is -0.151. The van der Waals surface area contributed by atoms with Crippen LogP contribution in [0.2, 0.25) is 0 Å². The van der Waals surface area contributed by atoms with Crippen molar-refractivity contribution >= 4 is 22.2 Å². The number of carbonyl (C=O) groups is 2. The smallest absolute Gasteiger partial charge is 0.410 e. The Hall–Kier alpha value is -2.13. The molecule has 1 amide bonds. The molecule has 0 spiro atoms. The minimum atomic E-state index is -3.67. The number of amides is 1. The molecule has 2 unspecified atom stereocenters. The van der Waals surface area contributed by atoms with Crippen LogP contribution in [0.4, 0.5) is 4.79 Å². The largest absolute Gasteiger partial charge is 0.461 e. The lowest BCUT2D eigenvalue weighted by Gasteiger charge is -2.24. The summed E-state index contributed by atoms with van der Waals surface area (Å²) >= 11 is 0. The highest BCUT2D eigenvalue weighted by Crippen LogP contribution is 2.27. The minimum absolute atomic E-state index is 0.0837. The maximum absolute atomic E-state index is 12.6. The molecule has 9 heteroatoms. The number of likely N-dealkylation sites (tertiary alicyclic amines) is 1. The molecule has 0 saturated carbocycles. The molecule has 1 aliphatic heterocycles. The predicted molar refractivity (Wildman–Crippen MR) is 102 cm³/mol. The molecule has 2 rings (SSSR count). The van der Waals surface area contributed by atoms with Gasteiger partial charge in [-0.1, -0.05) is 30.3 Å². The van der Waals surface area contributed by atoms with Crippen molar-refractivity contribution in [1.82, 2.24) is 4.90 Å². The van der Waals surface area contributed by atoms with Crippen LogP contribution in [-0.4, -0.2) is 56.9 Å². The molecule has 1 saturated heterocycles. The molecule has 0 N–H and O–H groups in total. The van der Waals surface area contributed by atoms with Gasteiger partial charge in [0.1, 0.15) is 12.2 Å². The third kappa shape index (κ3) is 7.12. The Morgan fingerprint density at radius 2 is 1.79 bits per heavy atom. The summed E-state index contributed by atoms with van der Waals surface area (Å²) in [4.78, 5) is 26.3. The highest BCUT2D eigenvalue weighted by molar-refractivity contribution is 7.85. The molecule has 0 radical (unpaired) electrons. The average molecular weight is 413 g/mol. The van der Waals surface area contributed by atoms with Crippen LogP contribution in [0.5, 0.6) is 0 Å². The Morgan fingerprint density at radius 3 is 2.36 bits per heavy atom. The molecule has 156 valence electrons. The first kappa shape index (κ1) is 22.2. The Labute approximate surface area is 165 Å². The molecule has 0 aromatic heterocycles. The molecule has 1 aromatic carbocycles. The van der Waals surface area contributed by atoms with E-state index in [9.17, 15) is 18.0 Å². The number of nitrogens with zero attached hydrogens (tertiary/aromatic N) is 1. The van der Waals surface area contributed by atoms with Crippen molar-refractivity contribution in [2.75, 3.05) is 26.0 Å². The third-order valence-corrected chi connectivity index (χ3v) is 4.68. The van der Waals surface area contributed by atoms with Crippen LogP contribution < -0.4 is 0 Å². The van der Waals surface area contributed by atoms with Gasteiger partial charge < -0.3 is 14.4 Å². The Kier molecular flexibility index (Phi) is 7.06. The van der Waals surface area contributed by atoms with Gasteiger partial charge in [-0.2, -0.15) is 8.42 Å². The molecular formula is C19H27NO7S. The maximum atomic E-state index is 12.6. The second-order valence-electron chi connectivity index (χ2n) is 7.83. The summed E-state index contributed by atoms with van der Waals surface area (Å²) in [6.45, 7) is 5.37. The first-order valence-corrected chi connectivity index (χ1v) is 10.8. The Morgan fingerprint density at radius 1 is 1.14 bits per heavy atom. The maximum Gasteiger partial charge on any atom is 0.410 e. The fourth-order valence-corrected chi connectivity index (χ4v) is 3.25. The first-order valence-electron chi connectivity index (χ1n) is 8.97. The van der Waals surface area contributed by atoms with Gasteiger partial charge in [0.15, 0.2) is 0 Å². The third-order valence-electron chi connectivity index (χ3n) is 4.12. The standard InChI is InChI=1S/C19H27NO7S/c1-19(2,3)27-18(22)20-10-15(13-26-28(4,23)24)16(11-20)17(21)25-12-14-8-6-5-7-9-14/h5-9,15-16H,10-13H2,1-4H3. The van der Waals surface area contributed by atoms with Crippen molar-refractivity contribution in [2.24, 2.45) is 11.8 Å². The number of hydrogen-bond acceptors (Lipinski definition) is 7. The number of hydrogen-bond donors (Lipinski definition) is 0. The quantitative estimate of drug-likeness (QED) is 0.521. The first-order chi connectivity index (χ1) is 12.9. The van der Waals surface area contributed by atoms with Gasteiger partial charge in [0, 0.05) is 19.0 Å². The van der Waals surface area contributed by atoms with Crippen molar-refractivity contribution in [3.63, 3.8) is 0 Å². The second kappa shape index (κ2) is 8.91. The number of rotatable bonds is 6. The summed E-state index contributed by atoms with van der Waals surface area (Å²) < 4.78 is 38.3. The summed E-state index contributed by atoms with van der Waals surface area (Å²) in [6.07, 6.45) is 0.381. The molecule has 0 bridgehead atoms. The summed E-state index contributed by atoms with van der Waals surface area (Å²) in [5.41, 5.74) is 0.156. The van der Waals surface area contributed by atoms with Gasteiger partial charge in [-0.3, -0.25) is 8.98 Å². The zero-order valence-corrected chi connectivity index (χ0v) is 17.4. The van der Waals surface area contributed by atoms with E-state index in [0.717, 1.165) is 11.8 Å². The number of carbonyl (C=O) groups excluding carboxylic acids is 2. The van der Waals surface area contributed by atoms with Crippen molar-refractivity contribution in [1.29, 1.82) is 0 Å². The Bertz CT molecular complexity index is 786. The zero-order chi connectivity index (χ0) is 20.9. The SMILES string of the molecule is CC(C)(C)OC(=O)N1CC(COS(C)(=O)=O)C(C(=O)OCc2ccccc2)C1. The van der Waals surface area contributed by atoms with Gasteiger partial charge in [0.25, 0.3) is 10.1 Å². The van der Waals surface area contributed by atoms with E-state index in [0.29, 0.717) is 0 Å². The van der Waals surface area contributed by atoms with Crippen LogP contribution >= 0.6 is 0 Å². The highest BCUT2D eigenvalue weighted by Gasteiger charge is 2.42. The van der Waals surface area contributed by atoms with Crippen LogP contribution in [0.3, 0.4) is 0 Å². The lowest BCUT2D eigenvalue weighted by Crippen LogP contribution is -2.36. The van der Waals surface area contributed by atoms with E-state index in [4.69, 9.17) is 13.7 Å². The average Bonchev–Trinajstić information content (AvgIpc) is 3.01. The van der Waals surface area contributed by atoms with Crippen LogP contribution in [0.15, 0.2) is 30.3 Å². The van der Waals surface area contributed by atoms with Crippen molar-refractivity contribution in [3.8, 4) is 0 Å². The van der Waals surface area contributed by atoms with E-state index in [1.165, 1.54) is 4.90 Å². The monoisotopic (exact) mass is 413 g/mol. The van der Waals surface area contributed by atoms with Gasteiger partial charge in [0.2, 0.25) is 0 Å². The van der Waals surface area contributed by atoms with Crippen LogP contribution in [0, 0.1) is 11.8 Å². The number of esters is 1. The summed E-state index contributed by atoms with van der Waals surface area (Å²) in [5.74, 6) is -1.71. The molecule has 8 nitrogen and oxygen atoms in total. The van der Waals surface area contributed by atoms with Gasteiger partial charge >= 0.3 is 12.1 Å². The summed E-state index contributed by atoms with van der Waals surface area (Å²) in [5, 5.41) is 0. The lowest BCUT2D eigenvalue weighted by atomic mass is 9.97. The highest BCUT2D eigenvalue weighted by atomic mass is 32.2. The predicted octanol–water partition coefficient (Wildman–Crippen LogP) is 2.19. The van der Waals surface area contributed by atoms with E-state index in [1.54, 1.807) is 20.8 Å². The topological polar surface area (TPSA) is 99.2 Å². The second-order valence-corrected chi connectivity index (χ2v) is 9.48. The van der Waals surface area contributed by atoms with Gasteiger partial charge in [-0.25, -0.2) is 4.79 Å². The number of benzene rings is 1.